The molecule has 0 aliphatic rings. The monoisotopic (exact) mass is 389 g/mol. The second kappa shape index (κ2) is 9.99. The van der Waals surface area contributed by atoms with E-state index in [2.05, 4.69) is 15.8 Å². The van der Waals surface area contributed by atoms with Crippen LogP contribution in [-0.2, 0) is 9.59 Å². The lowest BCUT2D eigenvalue weighted by Crippen LogP contribution is -2.19. The average molecular weight is 390 g/mol. The van der Waals surface area contributed by atoms with Crippen LogP contribution < -0.4 is 10.7 Å². The normalized spacial score (nSPS) is 11.1. The molecule has 0 aliphatic carbocycles. The fourth-order valence-electron chi connectivity index (χ4n) is 2.08. The van der Waals surface area contributed by atoms with Crippen molar-refractivity contribution in [1.82, 2.24) is 5.43 Å². The van der Waals surface area contributed by atoms with Crippen LogP contribution in [0.4, 0.5) is 5.69 Å². The highest BCUT2D eigenvalue weighted by atomic mass is 35.5. The van der Waals surface area contributed by atoms with Crippen molar-refractivity contribution in [2.75, 3.05) is 11.1 Å². The van der Waals surface area contributed by atoms with E-state index < -0.39 is 0 Å². The molecule has 0 heterocycles. The van der Waals surface area contributed by atoms with Gasteiger partial charge in [-0.25, -0.2) is 5.43 Å². The van der Waals surface area contributed by atoms with E-state index in [1.165, 1.54) is 6.92 Å². The van der Waals surface area contributed by atoms with Crippen LogP contribution in [0.3, 0.4) is 0 Å². The van der Waals surface area contributed by atoms with Gasteiger partial charge in [0.15, 0.2) is 0 Å². The van der Waals surface area contributed by atoms with Crippen LogP contribution in [0.25, 0.3) is 0 Å². The van der Waals surface area contributed by atoms with Gasteiger partial charge in [0.25, 0.3) is 0 Å². The topological polar surface area (TPSA) is 70.6 Å². The van der Waals surface area contributed by atoms with E-state index in [9.17, 15) is 9.59 Å². The first-order valence-corrected chi connectivity index (χ1v) is 9.40. The minimum atomic E-state index is -0.149. The lowest BCUT2D eigenvalue weighted by atomic mass is 10.1. The van der Waals surface area contributed by atoms with Gasteiger partial charge in [-0.15, -0.1) is 11.8 Å². The summed E-state index contributed by atoms with van der Waals surface area (Å²) in [5.41, 5.74) is 4.74. The number of halogens is 1. The fraction of sp³-hybridized carbons (Fsp3) is 0.211. The number of thioether (sulfide) groups is 1. The molecule has 2 aromatic rings. The van der Waals surface area contributed by atoms with Gasteiger partial charge in [0, 0.05) is 34.7 Å². The number of benzene rings is 2. The number of hydrogen-bond donors (Lipinski definition) is 2. The van der Waals surface area contributed by atoms with E-state index in [0.717, 1.165) is 10.5 Å². The molecule has 2 aromatic carbocycles. The molecule has 0 aromatic heterocycles. The number of carbonyl (C=O) groups is 2. The minimum absolute atomic E-state index is 0.136. The van der Waals surface area contributed by atoms with Crippen LogP contribution in [0.1, 0.15) is 25.8 Å². The van der Waals surface area contributed by atoms with Gasteiger partial charge in [-0.2, -0.15) is 5.10 Å². The molecule has 0 saturated carbocycles. The standard InChI is InChI=1S/C19H20ClN3O2S/c1-13(15-4-3-5-17(12-15)21-14(2)24)22-23-19(25)10-11-26-18-8-6-16(20)7-9-18/h3-9,12H,10-11H2,1-2H3,(H,21,24)(H,23,25)/b22-13-. The predicted octanol–water partition coefficient (Wildman–Crippen LogP) is 4.32. The summed E-state index contributed by atoms with van der Waals surface area (Å²) in [6.07, 6.45) is 0.357. The van der Waals surface area contributed by atoms with Crippen LogP contribution in [0.15, 0.2) is 58.5 Å². The Morgan fingerprint density at radius 3 is 2.54 bits per heavy atom. The molecule has 0 saturated heterocycles. The van der Waals surface area contributed by atoms with Crippen LogP contribution >= 0.6 is 23.4 Å². The van der Waals surface area contributed by atoms with Crippen LogP contribution in [0, 0.1) is 0 Å². The van der Waals surface area contributed by atoms with Crippen molar-refractivity contribution in [3.8, 4) is 0 Å². The second-order valence-corrected chi connectivity index (χ2v) is 7.15. The smallest absolute Gasteiger partial charge is 0.240 e. The van der Waals surface area contributed by atoms with Crippen molar-refractivity contribution in [3.05, 3.63) is 59.1 Å². The van der Waals surface area contributed by atoms with Crippen molar-refractivity contribution in [2.45, 2.75) is 25.2 Å². The first kappa shape index (κ1) is 20.0. The molecule has 2 rings (SSSR count). The molecule has 136 valence electrons. The molecule has 0 atom stereocenters. The zero-order valence-corrected chi connectivity index (χ0v) is 16.2. The number of nitrogens with one attached hydrogen (secondary N) is 2. The molecular formula is C19H20ClN3O2S. The van der Waals surface area contributed by atoms with Gasteiger partial charge in [-0.3, -0.25) is 9.59 Å². The Bertz CT molecular complexity index is 807. The zero-order valence-electron chi connectivity index (χ0n) is 14.6. The first-order chi connectivity index (χ1) is 12.4. The van der Waals surface area contributed by atoms with Crippen molar-refractivity contribution >= 4 is 46.6 Å². The molecule has 7 heteroatoms. The average Bonchev–Trinajstić information content (AvgIpc) is 2.61. The maximum Gasteiger partial charge on any atom is 0.240 e. The summed E-state index contributed by atoms with van der Waals surface area (Å²) in [5, 5.41) is 7.54. The van der Waals surface area contributed by atoms with Crippen molar-refractivity contribution in [3.63, 3.8) is 0 Å². The number of amides is 2. The van der Waals surface area contributed by atoms with Crippen LogP contribution in [0.2, 0.25) is 5.02 Å². The Balaban J connectivity index is 1.83. The SMILES string of the molecule is CC(=O)Nc1cccc(/C(C)=N\NC(=O)CCSc2ccc(Cl)cc2)c1. The van der Waals surface area contributed by atoms with E-state index in [4.69, 9.17) is 11.6 Å². The molecule has 5 nitrogen and oxygen atoms in total. The zero-order chi connectivity index (χ0) is 18.9. The molecule has 0 radical (unpaired) electrons. The molecular weight excluding hydrogens is 370 g/mol. The number of rotatable bonds is 7. The highest BCUT2D eigenvalue weighted by Crippen LogP contribution is 2.20. The third kappa shape index (κ3) is 6.90. The molecule has 0 unspecified atom stereocenters. The largest absolute Gasteiger partial charge is 0.326 e. The first-order valence-electron chi connectivity index (χ1n) is 8.03. The predicted molar refractivity (Wildman–Crippen MR) is 108 cm³/mol. The highest BCUT2D eigenvalue weighted by Gasteiger charge is 2.04. The fourth-order valence-corrected chi connectivity index (χ4v) is 3.06. The Morgan fingerprint density at radius 1 is 1.12 bits per heavy atom. The molecule has 0 spiro atoms. The third-order valence-corrected chi connectivity index (χ3v) is 4.63. The maximum absolute atomic E-state index is 11.9. The van der Waals surface area contributed by atoms with E-state index in [-0.39, 0.29) is 11.8 Å². The van der Waals surface area contributed by atoms with Crippen molar-refractivity contribution in [1.29, 1.82) is 0 Å². The number of hydrazone groups is 1. The third-order valence-electron chi connectivity index (χ3n) is 3.36. The summed E-state index contributed by atoms with van der Waals surface area (Å²) in [4.78, 5) is 24.1. The quantitative estimate of drug-likeness (QED) is 0.421. The van der Waals surface area contributed by atoms with Gasteiger partial charge < -0.3 is 5.32 Å². The molecule has 0 fully saturated rings. The van der Waals surface area contributed by atoms with Crippen LogP contribution in [0.5, 0.6) is 0 Å². The summed E-state index contributed by atoms with van der Waals surface area (Å²) in [6.45, 7) is 3.26. The number of carbonyl (C=O) groups excluding carboxylic acids is 2. The van der Waals surface area contributed by atoms with E-state index in [1.54, 1.807) is 24.8 Å². The molecule has 26 heavy (non-hydrogen) atoms. The Hall–Kier alpha value is -2.31. The summed E-state index contributed by atoms with van der Waals surface area (Å²) < 4.78 is 0. The molecule has 0 aliphatic heterocycles. The lowest BCUT2D eigenvalue weighted by Gasteiger charge is -2.06. The van der Waals surface area contributed by atoms with Gasteiger partial charge in [-0.05, 0) is 48.9 Å². The van der Waals surface area contributed by atoms with Crippen molar-refractivity contribution in [2.24, 2.45) is 5.10 Å². The summed E-state index contributed by atoms with van der Waals surface area (Å²) in [5.74, 6) is 0.368. The summed E-state index contributed by atoms with van der Waals surface area (Å²) in [6, 6.07) is 14.8. The van der Waals surface area contributed by atoms with Crippen LogP contribution in [-0.4, -0.2) is 23.3 Å². The number of nitrogens with zero attached hydrogens (tertiary/aromatic N) is 1. The summed E-state index contributed by atoms with van der Waals surface area (Å²) in [7, 11) is 0. The summed E-state index contributed by atoms with van der Waals surface area (Å²) >= 11 is 7.43. The van der Waals surface area contributed by atoms with Gasteiger partial charge in [0.1, 0.15) is 0 Å². The Morgan fingerprint density at radius 2 is 1.85 bits per heavy atom. The Kier molecular flexibility index (Phi) is 7.69. The number of hydrogen-bond acceptors (Lipinski definition) is 4. The lowest BCUT2D eigenvalue weighted by molar-refractivity contribution is -0.120. The van der Waals surface area contributed by atoms with E-state index in [1.807, 2.05) is 42.5 Å². The van der Waals surface area contributed by atoms with E-state index >= 15 is 0 Å². The van der Waals surface area contributed by atoms with Gasteiger partial charge in [0.2, 0.25) is 11.8 Å². The van der Waals surface area contributed by atoms with Crippen molar-refractivity contribution < 1.29 is 9.59 Å². The molecule has 2 amide bonds. The van der Waals surface area contributed by atoms with Gasteiger partial charge in [-0.1, -0.05) is 23.7 Å². The van der Waals surface area contributed by atoms with Gasteiger partial charge >= 0.3 is 0 Å². The highest BCUT2D eigenvalue weighted by molar-refractivity contribution is 7.99. The Labute approximate surface area is 162 Å². The minimum Gasteiger partial charge on any atom is -0.326 e. The van der Waals surface area contributed by atoms with E-state index in [0.29, 0.717) is 28.6 Å². The maximum atomic E-state index is 11.9. The number of anilines is 1. The molecule has 2 N–H and O–H groups in total. The molecule has 0 bridgehead atoms. The van der Waals surface area contributed by atoms with Gasteiger partial charge in [0.05, 0.1) is 5.71 Å². The second-order valence-electron chi connectivity index (χ2n) is 5.55.